The van der Waals surface area contributed by atoms with E-state index in [9.17, 15) is 14.3 Å². The molecule has 2 rings (SSSR count). The van der Waals surface area contributed by atoms with Crippen molar-refractivity contribution in [2.24, 2.45) is 0 Å². The summed E-state index contributed by atoms with van der Waals surface area (Å²) in [5.41, 5.74) is 0.518. The molecule has 21 heavy (non-hydrogen) atoms. The largest absolute Gasteiger partial charge is 0.481 e. The average Bonchev–Trinajstić information content (AvgIpc) is 2.49. The number of pyridine rings is 1. The minimum Gasteiger partial charge on any atom is -0.481 e. The van der Waals surface area contributed by atoms with Gasteiger partial charge >= 0.3 is 5.97 Å². The van der Waals surface area contributed by atoms with Gasteiger partial charge in [-0.3, -0.25) is 0 Å². The van der Waals surface area contributed by atoms with E-state index in [0.29, 0.717) is 16.8 Å². The highest BCUT2D eigenvalue weighted by atomic mass is 19.1. The molecule has 1 unspecified atom stereocenters. The summed E-state index contributed by atoms with van der Waals surface area (Å²) >= 11 is 0. The minimum atomic E-state index is -1.43. The summed E-state index contributed by atoms with van der Waals surface area (Å²) in [6.07, 6.45) is -1.64. The van der Waals surface area contributed by atoms with Gasteiger partial charge in [0.05, 0.1) is 19.2 Å². The first kappa shape index (κ1) is 15.2. The number of esters is 1. The number of aliphatic hydroxyl groups is 1. The Labute approximate surface area is 121 Å². The summed E-state index contributed by atoms with van der Waals surface area (Å²) in [6, 6.07) is 6.26. The van der Waals surface area contributed by atoms with Crippen LogP contribution in [0.15, 0.2) is 24.3 Å². The molecule has 0 fully saturated rings. The number of halogens is 1. The SMILES string of the molecule is CCOC(=O)C(O)Cc1c(F)ccc2ccc(OC)nc12. The second-order valence-electron chi connectivity index (χ2n) is 4.42. The molecule has 0 aliphatic carbocycles. The first-order valence-corrected chi connectivity index (χ1v) is 6.53. The third kappa shape index (κ3) is 3.28. The van der Waals surface area contributed by atoms with Gasteiger partial charge < -0.3 is 14.6 Å². The van der Waals surface area contributed by atoms with Gasteiger partial charge in [0, 0.05) is 23.4 Å². The third-order valence-electron chi connectivity index (χ3n) is 3.05. The molecule has 0 aliphatic heterocycles. The molecule has 0 saturated heterocycles. The van der Waals surface area contributed by atoms with Crippen LogP contribution in [-0.2, 0) is 16.0 Å². The number of rotatable bonds is 5. The molecule has 1 atom stereocenters. The Kier molecular flexibility index (Phi) is 4.70. The second-order valence-corrected chi connectivity index (χ2v) is 4.42. The number of carbonyl (C=O) groups is 1. The Morgan fingerprint density at radius 2 is 2.10 bits per heavy atom. The van der Waals surface area contributed by atoms with Gasteiger partial charge in [-0.2, -0.15) is 0 Å². The van der Waals surface area contributed by atoms with E-state index in [1.165, 1.54) is 13.2 Å². The Hall–Kier alpha value is -2.21. The Morgan fingerprint density at radius 1 is 1.38 bits per heavy atom. The highest BCUT2D eigenvalue weighted by Gasteiger charge is 2.21. The van der Waals surface area contributed by atoms with E-state index in [2.05, 4.69) is 4.98 Å². The standard InChI is InChI=1S/C15H16FNO4/c1-3-21-15(19)12(18)8-10-11(16)6-4-9-5-7-13(20-2)17-14(9)10/h4-7,12,18H,3,8H2,1-2H3. The molecule has 1 heterocycles. The number of ether oxygens (including phenoxy) is 2. The molecule has 1 N–H and O–H groups in total. The van der Waals surface area contributed by atoms with Crippen LogP contribution in [0.4, 0.5) is 4.39 Å². The predicted octanol–water partition coefficient (Wildman–Crippen LogP) is 1.85. The van der Waals surface area contributed by atoms with E-state index in [4.69, 9.17) is 9.47 Å². The van der Waals surface area contributed by atoms with Crippen molar-refractivity contribution in [3.63, 3.8) is 0 Å². The van der Waals surface area contributed by atoms with E-state index in [1.54, 1.807) is 25.1 Å². The van der Waals surface area contributed by atoms with Crippen LogP contribution in [-0.4, -0.2) is 35.9 Å². The van der Waals surface area contributed by atoms with Gasteiger partial charge in [-0.05, 0) is 25.1 Å². The summed E-state index contributed by atoms with van der Waals surface area (Å²) in [6.45, 7) is 1.79. The molecule has 0 spiro atoms. The van der Waals surface area contributed by atoms with Gasteiger partial charge in [-0.25, -0.2) is 14.2 Å². The van der Waals surface area contributed by atoms with Gasteiger partial charge in [0.2, 0.25) is 5.88 Å². The number of carbonyl (C=O) groups excluding carboxylic acids is 1. The van der Waals surface area contributed by atoms with Crippen molar-refractivity contribution < 1.29 is 23.8 Å². The maximum absolute atomic E-state index is 14.0. The van der Waals surface area contributed by atoms with Crippen molar-refractivity contribution in [3.05, 3.63) is 35.6 Å². The van der Waals surface area contributed by atoms with Crippen molar-refractivity contribution in [1.82, 2.24) is 4.98 Å². The molecule has 1 aromatic carbocycles. The third-order valence-corrected chi connectivity index (χ3v) is 3.05. The zero-order valence-electron chi connectivity index (χ0n) is 11.8. The first-order chi connectivity index (χ1) is 10.1. The fourth-order valence-electron chi connectivity index (χ4n) is 2.03. The average molecular weight is 293 g/mol. The van der Waals surface area contributed by atoms with E-state index in [1.807, 2.05) is 0 Å². The Morgan fingerprint density at radius 3 is 2.76 bits per heavy atom. The number of aromatic nitrogens is 1. The predicted molar refractivity (Wildman–Crippen MR) is 74.6 cm³/mol. The molecule has 0 radical (unpaired) electrons. The summed E-state index contributed by atoms with van der Waals surface area (Å²) in [7, 11) is 1.46. The fraction of sp³-hybridized carbons (Fsp3) is 0.333. The van der Waals surface area contributed by atoms with Gasteiger partial charge in [0.25, 0.3) is 0 Å². The van der Waals surface area contributed by atoms with Crippen LogP contribution < -0.4 is 4.74 Å². The van der Waals surface area contributed by atoms with Crippen molar-refractivity contribution >= 4 is 16.9 Å². The number of benzene rings is 1. The highest BCUT2D eigenvalue weighted by Crippen LogP contribution is 2.24. The number of methoxy groups -OCH3 is 1. The van der Waals surface area contributed by atoms with Crippen LogP contribution >= 0.6 is 0 Å². The molecule has 0 bridgehead atoms. The Bertz CT molecular complexity index is 659. The van der Waals surface area contributed by atoms with Crippen LogP contribution in [0.3, 0.4) is 0 Å². The Balaban J connectivity index is 2.41. The summed E-state index contributed by atoms with van der Waals surface area (Å²) in [5, 5.41) is 10.5. The highest BCUT2D eigenvalue weighted by molar-refractivity contribution is 5.83. The van der Waals surface area contributed by atoms with E-state index >= 15 is 0 Å². The first-order valence-electron chi connectivity index (χ1n) is 6.53. The molecule has 5 nitrogen and oxygen atoms in total. The molecule has 0 aliphatic rings. The normalized spacial score (nSPS) is 12.2. The van der Waals surface area contributed by atoms with Crippen molar-refractivity contribution in [1.29, 1.82) is 0 Å². The monoisotopic (exact) mass is 293 g/mol. The number of nitrogens with zero attached hydrogens (tertiary/aromatic N) is 1. The van der Waals surface area contributed by atoms with Crippen molar-refractivity contribution in [2.75, 3.05) is 13.7 Å². The van der Waals surface area contributed by atoms with Crippen molar-refractivity contribution in [3.8, 4) is 5.88 Å². The topological polar surface area (TPSA) is 68.7 Å². The summed E-state index contributed by atoms with van der Waals surface area (Å²) in [5.74, 6) is -0.983. The fourth-order valence-corrected chi connectivity index (χ4v) is 2.03. The summed E-state index contributed by atoms with van der Waals surface area (Å²) < 4.78 is 23.8. The van der Waals surface area contributed by atoms with Crippen molar-refractivity contribution in [2.45, 2.75) is 19.4 Å². The lowest BCUT2D eigenvalue weighted by Crippen LogP contribution is -2.26. The van der Waals surface area contributed by atoms with Gasteiger partial charge in [-0.1, -0.05) is 0 Å². The number of hydrogen-bond acceptors (Lipinski definition) is 5. The number of aliphatic hydroxyl groups excluding tert-OH is 1. The van der Waals surface area contributed by atoms with E-state index in [-0.39, 0.29) is 18.6 Å². The molecule has 0 saturated carbocycles. The lowest BCUT2D eigenvalue weighted by molar-refractivity contribution is -0.152. The number of fused-ring (bicyclic) bond motifs is 1. The van der Waals surface area contributed by atoms with Crippen LogP contribution in [0.5, 0.6) is 5.88 Å². The van der Waals surface area contributed by atoms with Crippen LogP contribution in [0.2, 0.25) is 0 Å². The molecular formula is C15H16FNO4. The number of hydrogen-bond donors (Lipinski definition) is 1. The molecule has 6 heteroatoms. The summed E-state index contributed by atoms with van der Waals surface area (Å²) in [4.78, 5) is 15.7. The lowest BCUT2D eigenvalue weighted by Gasteiger charge is -2.12. The van der Waals surface area contributed by atoms with Crippen LogP contribution in [0.1, 0.15) is 12.5 Å². The van der Waals surface area contributed by atoms with Gasteiger partial charge in [0.1, 0.15) is 5.82 Å². The maximum Gasteiger partial charge on any atom is 0.335 e. The van der Waals surface area contributed by atoms with Gasteiger partial charge in [-0.15, -0.1) is 0 Å². The van der Waals surface area contributed by atoms with Crippen LogP contribution in [0, 0.1) is 5.82 Å². The molecule has 112 valence electrons. The van der Waals surface area contributed by atoms with E-state index < -0.39 is 17.9 Å². The maximum atomic E-state index is 14.0. The van der Waals surface area contributed by atoms with Gasteiger partial charge in [0.15, 0.2) is 6.10 Å². The molecule has 0 amide bonds. The van der Waals surface area contributed by atoms with E-state index in [0.717, 1.165) is 0 Å². The van der Waals surface area contributed by atoms with Crippen LogP contribution in [0.25, 0.3) is 10.9 Å². The smallest absolute Gasteiger partial charge is 0.335 e. The molecular weight excluding hydrogens is 277 g/mol. The quantitative estimate of drug-likeness (QED) is 0.852. The second kappa shape index (κ2) is 6.49. The zero-order chi connectivity index (χ0) is 15.4. The molecule has 1 aromatic heterocycles. The molecule has 2 aromatic rings. The minimum absolute atomic E-state index is 0.153. The lowest BCUT2D eigenvalue weighted by atomic mass is 10.0. The zero-order valence-corrected chi connectivity index (χ0v) is 11.8.